The summed E-state index contributed by atoms with van der Waals surface area (Å²) in [6, 6.07) is 8.78. The predicted molar refractivity (Wildman–Crippen MR) is 131 cm³/mol. The maximum absolute atomic E-state index is 13.1. The maximum atomic E-state index is 13.1. The molecule has 2 aromatic carbocycles. The van der Waals surface area contributed by atoms with Crippen LogP contribution in [0.1, 0.15) is 13.8 Å². The van der Waals surface area contributed by atoms with Crippen LogP contribution in [0.2, 0.25) is 10.0 Å². The molecule has 33 heavy (non-hydrogen) atoms. The van der Waals surface area contributed by atoms with Crippen LogP contribution in [0, 0.1) is 11.8 Å². The lowest BCUT2D eigenvalue weighted by Crippen LogP contribution is -2.14. The molecule has 10 heteroatoms. The molecule has 3 rings (SSSR count). The normalized spacial score (nSPS) is 13.5. The minimum absolute atomic E-state index is 0.0453. The van der Waals surface area contributed by atoms with Gasteiger partial charge < -0.3 is 14.0 Å². The van der Waals surface area contributed by atoms with Crippen molar-refractivity contribution in [3.63, 3.8) is 0 Å². The summed E-state index contributed by atoms with van der Waals surface area (Å²) in [5.74, 6) is 1.62. The largest absolute Gasteiger partial charge is 0.492 e. The highest BCUT2D eigenvalue weighted by atomic mass is 35.5. The Morgan fingerprint density at radius 1 is 0.939 bits per heavy atom. The van der Waals surface area contributed by atoms with E-state index in [4.69, 9.17) is 44.3 Å². The SMILES string of the molecule is C[C@H](COc1ccc(S(=O)(=O)c2ccc(OC[C@@H](C)CCl)c(Cl)c2)cc1Cl)Cn1ccnc1. The van der Waals surface area contributed by atoms with Crippen LogP contribution in [0.3, 0.4) is 0 Å². The van der Waals surface area contributed by atoms with Crippen LogP contribution in [-0.2, 0) is 16.4 Å². The Bertz CT molecular complexity index is 1170. The van der Waals surface area contributed by atoms with Crippen molar-refractivity contribution in [1.82, 2.24) is 9.55 Å². The lowest BCUT2D eigenvalue weighted by Gasteiger charge is -2.15. The summed E-state index contributed by atoms with van der Waals surface area (Å²) in [4.78, 5) is 4.11. The molecular weight excluding hydrogens is 507 g/mol. The molecule has 0 saturated heterocycles. The Morgan fingerprint density at radius 3 is 1.94 bits per heavy atom. The van der Waals surface area contributed by atoms with E-state index in [0.717, 1.165) is 6.54 Å². The number of imidazole rings is 1. The van der Waals surface area contributed by atoms with Crippen LogP contribution >= 0.6 is 34.8 Å². The molecule has 6 nitrogen and oxygen atoms in total. The molecule has 0 aliphatic heterocycles. The number of aromatic nitrogens is 2. The Hall–Kier alpha value is -1.93. The second-order valence-electron chi connectivity index (χ2n) is 7.93. The molecule has 0 unspecified atom stereocenters. The third-order valence-electron chi connectivity index (χ3n) is 4.82. The van der Waals surface area contributed by atoms with Crippen molar-refractivity contribution < 1.29 is 17.9 Å². The Labute approximate surface area is 209 Å². The molecule has 178 valence electrons. The van der Waals surface area contributed by atoms with Gasteiger partial charge in [0.2, 0.25) is 9.84 Å². The molecule has 0 fully saturated rings. The first-order valence-electron chi connectivity index (χ1n) is 10.3. The second-order valence-corrected chi connectivity index (χ2v) is 11.0. The highest BCUT2D eigenvalue weighted by molar-refractivity contribution is 7.91. The van der Waals surface area contributed by atoms with E-state index in [1.54, 1.807) is 18.6 Å². The molecule has 0 saturated carbocycles. The van der Waals surface area contributed by atoms with Crippen molar-refractivity contribution in [2.75, 3.05) is 19.1 Å². The molecular formula is C23H25Cl3N2O4S. The molecule has 0 amide bonds. The fourth-order valence-corrected chi connectivity index (χ4v) is 4.98. The number of nitrogens with zero attached hydrogens (tertiary/aromatic N) is 2. The molecule has 0 bridgehead atoms. The number of hydrogen-bond acceptors (Lipinski definition) is 5. The number of hydrogen-bond donors (Lipinski definition) is 0. The monoisotopic (exact) mass is 530 g/mol. The van der Waals surface area contributed by atoms with Gasteiger partial charge in [0, 0.05) is 36.7 Å². The van der Waals surface area contributed by atoms with Crippen molar-refractivity contribution in [3.8, 4) is 11.5 Å². The third-order valence-corrected chi connectivity index (χ3v) is 7.69. The maximum Gasteiger partial charge on any atom is 0.206 e. The standard InChI is InChI=1S/C23H25Cl3N2O4S/c1-16(11-24)13-31-22-5-3-18(9-20(22)25)33(29,30)19-4-6-23(21(26)10-19)32-14-17(2)12-28-8-7-27-15-28/h3-10,15-17H,11-14H2,1-2H3/t16-,17-/m0/s1. The first-order chi connectivity index (χ1) is 15.7. The molecule has 0 radical (unpaired) electrons. The van der Waals surface area contributed by atoms with E-state index < -0.39 is 9.84 Å². The molecule has 1 heterocycles. The zero-order chi connectivity index (χ0) is 24.0. The molecule has 2 atom stereocenters. The molecule has 0 aliphatic rings. The minimum atomic E-state index is -3.83. The van der Waals surface area contributed by atoms with Crippen molar-refractivity contribution in [1.29, 1.82) is 0 Å². The van der Waals surface area contributed by atoms with Gasteiger partial charge >= 0.3 is 0 Å². The van der Waals surface area contributed by atoms with Gasteiger partial charge in [0.15, 0.2) is 0 Å². The van der Waals surface area contributed by atoms with Crippen LogP contribution in [-0.4, -0.2) is 37.1 Å². The highest BCUT2D eigenvalue weighted by Gasteiger charge is 2.21. The third kappa shape index (κ3) is 6.79. The second kappa shape index (κ2) is 11.5. The van der Waals surface area contributed by atoms with E-state index >= 15 is 0 Å². The number of alkyl halides is 1. The summed E-state index contributed by atoms with van der Waals surface area (Å²) < 4.78 is 39.6. The van der Waals surface area contributed by atoms with Crippen LogP contribution in [0.15, 0.2) is 64.9 Å². The molecule has 0 spiro atoms. The molecule has 3 aromatic rings. The zero-order valence-electron chi connectivity index (χ0n) is 18.2. The van der Waals surface area contributed by atoms with Crippen molar-refractivity contribution in [3.05, 3.63) is 65.2 Å². The van der Waals surface area contributed by atoms with Crippen LogP contribution in [0.25, 0.3) is 0 Å². The Morgan fingerprint density at radius 2 is 1.48 bits per heavy atom. The van der Waals surface area contributed by atoms with Gasteiger partial charge in [-0.1, -0.05) is 37.0 Å². The van der Waals surface area contributed by atoms with Crippen LogP contribution in [0.5, 0.6) is 11.5 Å². The first kappa shape index (κ1) is 25.7. The predicted octanol–water partition coefficient (Wildman–Crippen LogP) is 5.99. The summed E-state index contributed by atoms with van der Waals surface area (Å²) in [6.45, 7) is 5.53. The van der Waals surface area contributed by atoms with Gasteiger partial charge in [-0.05, 0) is 36.4 Å². The summed E-state index contributed by atoms with van der Waals surface area (Å²) >= 11 is 18.4. The topological polar surface area (TPSA) is 70.4 Å². The average molecular weight is 532 g/mol. The van der Waals surface area contributed by atoms with E-state index in [0.29, 0.717) is 30.6 Å². The van der Waals surface area contributed by atoms with E-state index in [9.17, 15) is 8.42 Å². The minimum Gasteiger partial charge on any atom is -0.492 e. The Balaban J connectivity index is 1.69. The van der Waals surface area contributed by atoms with Gasteiger partial charge in [-0.3, -0.25) is 0 Å². The summed E-state index contributed by atoms with van der Waals surface area (Å²) in [7, 11) is -3.83. The van der Waals surface area contributed by atoms with Gasteiger partial charge in [0.25, 0.3) is 0 Å². The smallest absolute Gasteiger partial charge is 0.206 e. The number of ether oxygens (including phenoxy) is 2. The summed E-state index contributed by atoms with van der Waals surface area (Å²) in [5.41, 5.74) is 0. The van der Waals surface area contributed by atoms with E-state index in [1.807, 2.05) is 24.6 Å². The number of rotatable bonds is 11. The first-order valence-corrected chi connectivity index (χ1v) is 13.1. The van der Waals surface area contributed by atoms with Gasteiger partial charge in [0.1, 0.15) is 11.5 Å². The van der Waals surface area contributed by atoms with Gasteiger partial charge in [-0.15, -0.1) is 11.6 Å². The van der Waals surface area contributed by atoms with Crippen molar-refractivity contribution in [2.24, 2.45) is 11.8 Å². The van der Waals surface area contributed by atoms with E-state index in [1.165, 1.54) is 30.3 Å². The molecule has 0 aliphatic carbocycles. The Kier molecular flexibility index (Phi) is 8.93. The summed E-state index contributed by atoms with van der Waals surface area (Å²) in [5, 5.41) is 0.419. The lowest BCUT2D eigenvalue weighted by molar-refractivity contribution is 0.244. The van der Waals surface area contributed by atoms with E-state index in [2.05, 4.69) is 4.98 Å². The van der Waals surface area contributed by atoms with E-state index in [-0.39, 0.29) is 31.7 Å². The molecule has 1 aromatic heterocycles. The summed E-state index contributed by atoms with van der Waals surface area (Å²) in [6.07, 6.45) is 5.35. The number of benzene rings is 2. The zero-order valence-corrected chi connectivity index (χ0v) is 21.3. The van der Waals surface area contributed by atoms with Crippen LogP contribution in [0.4, 0.5) is 0 Å². The van der Waals surface area contributed by atoms with Gasteiger partial charge in [0.05, 0.1) is 39.4 Å². The highest BCUT2D eigenvalue weighted by Crippen LogP contribution is 2.33. The fourth-order valence-electron chi connectivity index (χ4n) is 2.98. The molecule has 0 N–H and O–H groups in total. The number of sulfone groups is 1. The van der Waals surface area contributed by atoms with Gasteiger partial charge in [-0.2, -0.15) is 0 Å². The van der Waals surface area contributed by atoms with Crippen molar-refractivity contribution in [2.45, 2.75) is 30.2 Å². The van der Waals surface area contributed by atoms with Crippen LogP contribution < -0.4 is 9.47 Å². The quantitative estimate of drug-likeness (QED) is 0.284. The number of halogens is 3. The average Bonchev–Trinajstić information content (AvgIpc) is 3.30. The van der Waals surface area contributed by atoms with Gasteiger partial charge in [-0.25, -0.2) is 13.4 Å². The fraction of sp³-hybridized carbons (Fsp3) is 0.348. The lowest BCUT2D eigenvalue weighted by atomic mass is 10.2. The van der Waals surface area contributed by atoms with Crippen molar-refractivity contribution >= 4 is 44.6 Å².